The molecule has 0 spiro atoms. The molecule has 1 atom stereocenters. The SMILES string of the molecule is COS(=O)c1ccc(N(C)C)cc1. The summed E-state index contributed by atoms with van der Waals surface area (Å²) in [4.78, 5) is 2.67. The highest BCUT2D eigenvalue weighted by Gasteiger charge is 2.02. The molecule has 0 amide bonds. The number of benzene rings is 1. The van der Waals surface area contributed by atoms with E-state index in [0.717, 1.165) is 5.69 Å². The second kappa shape index (κ2) is 4.39. The minimum atomic E-state index is -1.33. The highest BCUT2D eigenvalue weighted by molar-refractivity contribution is 7.80. The lowest BCUT2D eigenvalue weighted by Crippen LogP contribution is -2.08. The Balaban J connectivity index is 2.87. The molecular formula is C9H13NO2S. The third-order valence-corrected chi connectivity index (χ3v) is 2.66. The van der Waals surface area contributed by atoms with E-state index in [1.807, 2.05) is 31.1 Å². The first-order chi connectivity index (χ1) is 6.15. The molecule has 3 nitrogen and oxygen atoms in total. The van der Waals surface area contributed by atoms with Crippen molar-refractivity contribution in [3.8, 4) is 0 Å². The van der Waals surface area contributed by atoms with Gasteiger partial charge in [0.25, 0.3) is 0 Å². The van der Waals surface area contributed by atoms with E-state index in [-0.39, 0.29) is 0 Å². The zero-order valence-corrected chi connectivity index (χ0v) is 8.80. The van der Waals surface area contributed by atoms with Crippen LogP contribution in [0, 0.1) is 0 Å². The second-order valence-electron chi connectivity index (χ2n) is 2.79. The third-order valence-electron chi connectivity index (χ3n) is 1.70. The van der Waals surface area contributed by atoms with Crippen LogP contribution in [-0.2, 0) is 15.3 Å². The van der Waals surface area contributed by atoms with Crippen molar-refractivity contribution in [3.63, 3.8) is 0 Å². The van der Waals surface area contributed by atoms with Crippen molar-refractivity contribution in [2.45, 2.75) is 4.90 Å². The van der Waals surface area contributed by atoms with Crippen molar-refractivity contribution in [3.05, 3.63) is 24.3 Å². The van der Waals surface area contributed by atoms with Crippen LogP contribution >= 0.6 is 0 Å². The van der Waals surface area contributed by atoms with E-state index in [4.69, 9.17) is 4.18 Å². The van der Waals surface area contributed by atoms with Crippen LogP contribution in [0.4, 0.5) is 5.69 Å². The smallest absolute Gasteiger partial charge is 0.188 e. The predicted molar refractivity (Wildman–Crippen MR) is 54.2 cm³/mol. The Kier molecular flexibility index (Phi) is 3.45. The topological polar surface area (TPSA) is 29.5 Å². The molecule has 72 valence electrons. The Morgan fingerprint density at radius 1 is 1.23 bits per heavy atom. The summed E-state index contributed by atoms with van der Waals surface area (Å²) in [5.74, 6) is 0. The Bertz CT molecular complexity index is 295. The highest BCUT2D eigenvalue weighted by Crippen LogP contribution is 2.14. The molecule has 0 saturated carbocycles. The molecule has 1 rings (SSSR count). The van der Waals surface area contributed by atoms with Gasteiger partial charge in [-0.05, 0) is 24.3 Å². The summed E-state index contributed by atoms with van der Waals surface area (Å²) < 4.78 is 15.9. The Labute approximate surface area is 81.0 Å². The van der Waals surface area contributed by atoms with Gasteiger partial charge in [-0.2, -0.15) is 0 Å². The summed E-state index contributed by atoms with van der Waals surface area (Å²) in [6.07, 6.45) is 0. The van der Waals surface area contributed by atoms with Gasteiger partial charge in [0.15, 0.2) is 11.1 Å². The lowest BCUT2D eigenvalue weighted by Gasteiger charge is -2.11. The molecule has 13 heavy (non-hydrogen) atoms. The van der Waals surface area contributed by atoms with Crippen LogP contribution in [-0.4, -0.2) is 25.4 Å². The number of hydrogen-bond acceptors (Lipinski definition) is 3. The van der Waals surface area contributed by atoms with Gasteiger partial charge in [0.1, 0.15) is 0 Å². The molecule has 0 aliphatic rings. The van der Waals surface area contributed by atoms with Gasteiger partial charge in [0, 0.05) is 19.8 Å². The lowest BCUT2D eigenvalue weighted by molar-refractivity contribution is 0.446. The maximum Gasteiger partial charge on any atom is 0.188 e. The minimum absolute atomic E-state index is 0.688. The molecule has 0 heterocycles. The Morgan fingerprint density at radius 2 is 1.77 bits per heavy atom. The monoisotopic (exact) mass is 199 g/mol. The normalized spacial score (nSPS) is 12.5. The largest absolute Gasteiger partial charge is 0.378 e. The zero-order chi connectivity index (χ0) is 9.84. The third kappa shape index (κ3) is 2.54. The molecular weight excluding hydrogens is 186 g/mol. The predicted octanol–water partition coefficient (Wildman–Crippen LogP) is 1.42. The average Bonchev–Trinajstić information content (AvgIpc) is 2.17. The van der Waals surface area contributed by atoms with Crippen LogP contribution in [0.5, 0.6) is 0 Å². The van der Waals surface area contributed by atoms with Gasteiger partial charge >= 0.3 is 0 Å². The molecule has 1 aromatic carbocycles. The molecule has 1 aromatic rings. The molecule has 0 N–H and O–H groups in total. The molecule has 0 saturated heterocycles. The first-order valence-corrected chi connectivity index (χ1v) is 4.96. The number of nitrogens with zero attached hydrogens (tertiary/aromatic N) is 1. The van der Waals surface area contributed by atoms with Crippen LogP contribution in [0.25, 0.3) is 0 Å². The van der Waals surface area contributed by atoms with Crippen molar-refractivity contribution in [2.75, 3.05) is 26.1 Å². The van der Waals surface area contributed by atoms with Crippen molar-refractivity contribution in [2.24, 2.45) is 0 Å². The summed E-state index contributed by atoms with van der Waals surface area (Å²) in [5, 5.41) is 0. The molecule has 0 radical (unpaired) electrons. The van der Waals surface area contributed by atoms with E-state index in [0.29, 0.717) is 4.90 Å². The van der Waals surface area contributed by atoms with E-state index in [9.17, 15) is 4.21 Å². The fourth-order valence-corrected chi connectivity index (χ4v) is 1.50. The van der Waals surface area contributed by atoms with Crippen molar-refractivity contribution < 1.29 is 8.39 Å². The molecule has 0 bridgehead atoms. The molecule has 1 unspecified atom stereocenters. The van der Waals surface area contributed by atoms with E-state index in [1.54, 1.807) is 12.1 Å². The summed E-state index contributed by atoms with van der Waals surface area (Å²) in [7, 11) is 5.35. The molecule has 0 fully saturated rings. The number of anilines is 1. The molecule has 0 aliphatic heterocycles. The first-order valence-electron chi connectivity index (χ1n) is 3.89. The van der Waals surface area contributed by atoms with Gasteiger partial charge in [0.2, 0.25) is 0 Å². The Hall–Kier alpha value is -0.870. The number of hydrogen-bond donors (Lipinski definition) is 0. The highest BCUT2D eigenvalue weighted by atomic mass is 32.2. The summed E-state index contributed by atoms with van der Waals surface area (Å²) in [6, 6.07) is 7.42. The zero-order valence-electron chi connectivity index (χ0n) is 7.98. The Morgan fingerprint density at radius 3 is 2.15 bits per heavy atom. The van der Waals surface area contributed by atoms with E-state index < -0.39 is 11.1 Å². The fourth-order valence-electron chi connectivity index (χ4n) is 0.952. The van der Waals surface area contributed by atoms with Crippen molar-refractivity contribution >= 4 is 16.8 Å². The van der Waals surface area contributed by atoms with Crippen molar-refractivity contribution in [1.29, 1.82) is 0 Å². The maximum atomic E-state index is 11.2. The van der Waals surface area contributed by atoms with E-state index >= 15 is 0 Å². The fraction of sp³-hybridized carbons (Fsp3) is 0.333. The van der Waals surface area contributed by atoms with Gasteiger partial charge in [-0.15, -0.1) is 0 Å². The van der Waals surface area contributed by atoms with E-state index in [2.05, 4.69) is 0 Å². The minimum Gasteiger partial charge on any atom is -0.378 e. The van der Waals surface area contributed by atoms with Crippen LogP contribution in [0.3, 0.4) is 0 Å². The summed E-state index contributed by atoms with van der Waals surface area (Å²) >= 11 is -1.33. The van der Waals surface area contributed by atoms with Gasteiger partial charge in [-0.3, -0.25) is 4.18 Å². The van der Waals surface area contributed by atoms with Crippen LogP contribution < -0.4 is 4.90 Å². The van der Waals surface area contributed by atoms with Crippen LogP contribution in [0.2, 0.25) is 0 Å². The number of rotatable bonds is 3. The van der Waals surface area contributed by atoms with Crippen LogP contribution in [0.15, 0.2) is 29.2 Å². The molecule has 0 aromatic heterocycles. The van der Waals surface area contributed by atoms with Gasteiger partial charge < -0.3 is 4.90 Å². The van der Waals surface area contributed by atoms with Gasteiger partial charge in [-0.1, -0.05) is 0 Å². The van der Waals surface area contributed by atoms with Gasteiger partial charge in [-0.25, -0.2) is 4.21 Å². The maximum absolute atomic E-state index is 11.2. The van der Waals surface area contributed by atoms with Gasteiger partial charge in [0.05, 0.1) is 12.0 Å². The van der Waals surface area contributed by atoms with Crippen LogP contribution in [0.1, 0.15) is 0 Å². The summed E-state index contributed by atoms with van der Waals surface area (Å²) in [5.41, 5.74) is 1.08. The second-order valence-corrected chi connectivity index (χ2v) is 4.06. The molecule has 0 aliphatic carbocycles. The lowest BCUT2D eigenvalue weighted by atomic mass is 10.3. The quantitative estimate of drug-likeness (QED) is 0.737. The molecule has 4 heteroatoms. The average molecular weight is 199 g/mol. The van der Waals surface area contributed by atoms with E-state index in [1.165, 1.54) is 7.11 Å². The first kappa shape index (κ1) is 10.2. The van der Waals surface area contributed by atoms with Crippen molar-refractivity contribution in [1.82, 2.24) is 0 Å². The summed E-state index contributed by atoms with van der Waals surface area (Å²) in [6.45, 7) is 0. The standard InChI is InChI=1S/C9H13NO2S/c1-10(2)8-4-6-9(7-5-8)13(11)12-3/h4-7H,1-3H3.